The van der Waals surface area contributed by atoms with E-state index in [1.54, 1.807) is 4.90 Å². The fraction of sp³-hybridized carbons (Fsp3) is 0.500. The molecule has 0 spiro atoms. The second-order valence-electron chi connectivity index (χ2n) is 5.81. The van der Waals surface area contributed by atoms with Gasteiger partial charge in [-0.25, -0.2) is 4.79 Å². The van der Waals surface area contributed by atoms with Gasteiger partial charge in [0.15, 0.2) is 0 Å². The molecular weight excluding hydrogens is 268 g/mol. The molecule has 1 aromatic carbocycles. The quantitative estimate of drug-likeness (QED) is 0.898. The van der Waals surface area contributed by atoms with Crippen LogP contribution in [0.4, 0.5) is 10.5 Å². The van der Waals surface area contributed by atoms with Crippen LogP contribution in [0.3, 0.4) is 0 Å². The van der Waals surface area contributed by atoms with Gasteiger partial charge in [0.05, 0.1) is 5.92 Å². The molecule has 1 aliphatic rings. The number of carboxylic acid groups (broad SMARTS) is 1. The highest BCUT2D eigenvalue weighted by Gasteiger charge is 2.26. The predicted molar refractivity (Wildman–Crippen MR) is 81.5 cm³/mol. The molecule has 21 heavy (non-hydrogen) atoms. The molecule has 2 amide bonds. The van der Waals surface area contributed by atoms with Crippen molar-refractivity contribution in [1.29, 1.82) is 0 Å². The van der Waals surface area contributed by atoms with Crippen LogP contribution in [-0.4, -0.2) is 35.1 Å². The molecular formula is C16H22N2O3. The Bertz CT molecular complexity index is 503. The molecule has 2 N–H and O–H groups in total. The summed E-state index contributed by atoms with van der Waals surface area (Å²) in [4.78, 5) is 24.7. The van der Waals surface area contributed by atoms with Gasteiger partial charge in [-0.05, 0) is 36.5 Å². The Morgan fingerprint density at radius 2 is 1.76 bits per heavy atom. The van der Waals surface area contributed by atoms with Crippen molar-refractivity contribution in [3.8, 4) is 0 Å². The SMILES string of the molecule is CC(C)c1ccc(NC(=O)N2CCC(C(=O)O)CC2)cc1. The number of nitrogens with zero attached hydrogens (tertiary/aromatic N) is 1. The first-order valence-electron chi connectivity index (χ1n) is 7.36. The molecule has 1 saturated heterocycles. The lowest BCUT2D eigenvalue weighted by Gasteiger charge is -2.30. The predicted octanol–water partition coefficient (Wildman–Crippen LogP) is 3.14. The van der Waals surface area contributed by atoms with Gasteiger partial charge in [0.1, 0.15) is 0 Å². The van der Waals surface area contributed by atoms with Crippen molar-refractivity contribution in [2.24, 2.45) is 5.92 Å². The molecule has 0 bridgehead atoms. The van der Waals surface area contributed by atoms with Crippen LogP contribution in [-0.2, 0) is 4.79 Å². The third-order valence-corrected chi connectivity index (χ3v) is 3.96. The fourth-order valence-electron chi connectivity index (χ4n) is 2.48. The lowest BCUT2D eigenvalue weighted by Crippen LogP contribution is -2.42. The lowest BCUT2D eigenvalue weighted by atomic mass is 9.97. The number of aliphatic carboxylic acids is 1. The molecule has 5 heteroatoms. The maximum Gasteiger partial charge on any atom is 0.321 e. The van der Waals surface area contributed by atoms with Crippen LogP contribution in [0.15, 0.2) is 24.3 Å². The Morgan fingerprint density at radius 3 is 2.24 bits per heavy atom. The van der Waals surface area contributed by atoms with Gasteiger partial charge < -0.3 is 15.3 Å². The second kappa shape index (κ2) is 6.61. The van der Waals surface area contributed by atoms with Gasteiger partial charge in [-0.15, -0.1) is 0 Å². The van der Waals surface area contributed by atoms with Crippen molar-refractivity contribution in [3.63, 3.8) is 0 Å². The Hall–Kier alpha value is -2.04. The van der Waals surface area contributed by atoms with E-state index >= 15 is 0 Å². The Morgan fingerprint density at radius 1 is 1.19 bits per heavy atom. The van der Waals surface area contributed by atoms with Crippen molar-refractivity contribution >= 4 is 17.7 Å². The highest BCUT2D eigenvalue weighted by atomic mass is 16.4. The summed E-state index contributed by atoms with van der Waals surface area (Å²) in [7, 11) is 0. The van der Waals surface area contributed by atoms with Crippen LogP contribution in [0.25, 0.3) is 0 Å². The van der Waals surface area contributed by atoms with Gasteiger partial charge in [-0.1, -0.05) is 26.0 Å². The second-order valence-corrected chi connectivity index (χ2v) is 5.81. The number of likely N-dealkylation sites (tertiary alicyclic amines) is 1. The number of hydrogen-bond donors (Lipinski definition) is 2. The van der Waals surface area contributed by atoms with Crippen molar-refractivity contribution in [2.45, 2.75) is 32.6 Å². The lowest BCUT2D eigenvalue weighted by molar-refractivity contribution is -0.143. The van der Waals surface area contributed by atoms with Crippen LogP contribution < -0.4 is 5.32 Å². The number of hydrogen-bond acceptors (Lipinski definition) is 2. The number of piperidine rings is 1. The van der Waals surface area contributed by atoms with Gasteiger partial charge in [0.2, 0.25) is 0 Å². The van der Waals surface area contributed by atoms with E-state index in [0.717, 1.165) is 5.69 Å². The van der Waals surface area contributed by atoms with E-state index in [1.165, 1.54) is 5.56 Å². The summed E-state index contributed by atoms with van der Waals surface area (Å²) in [6, 6.07) is 7.67. The van der Waals surface area contributed by atoms with E-state index in [2.05, 4.69) is 19.2 Å². The Labute approximate surface area is 125 Å². The largest absolute Gasteiger partial charge is 0.481 e. The van der Waals surface area contributed by atoms with E-state index in [1.807, 2.05) is 24.3 Å². The zero-order valence-electron chi connectivity index (χ0n) is 12.5. The normalized spacial score (nSPS) is 16.0. The number of carboxylic acids is 1. The van der Waals surface area contributed by atoms with E-state index in [9.17, 15) is 9.59 Å². The van der Waals surface area contributed by atoms with E-state index in [4.69, 9.17) is 5.11 Å². The van der Waals surface area contributed by atoms with E-state index in [-0.39, 0.29) is 11.9 Å². The number of nitrogens with one attached hydrogen (secondary N) is 1. The first-order chi connectivity index (χ1) is 9.97. The van der Waals surface area contributed by atoms with Crippen LogP contribution >= 0.6 is 0 Å². The van der Waals surface area contributed by atoms with E-state index < -0.39 is 5.97 Å². The zero-order chi connectivity index (χ0) is 15.4. The topological polar surface area (TPSA) is 69.6 Å². The van der Waals surface area contributed by atoms with Crippen molar-refractivity contribution in [2.75, 3.05) is 18.4 Å². The molecule has 0 radical (unpaired) electrons. The number of carbonyl (C=O) groups excluding carboxylic acids is 1. The first kappa shape index (κ1) is 15.4. The third kappa shape index (κ3) is 3.97. The summed E-state index contributed by atoms with van der Waals surface area (Å²) in [6.45, 7) is 5.24. The highest BCUT2D eigenvalue weighted by Crippen LogP contribution is 2.20. The zero-order valence-corrected chi connectivity index (χ0v) is 12.5. The minimum absolute atomic E-state index is 0.156. The van der Waals surface area contributed by atoms with Crippen LogP contribution in [0.1, 0.15) is 38.2 Å². The Balaban J connectivity index is 1.88. The molecule has 0 unspecified atom stereocenters. The summed E-state index contributed by atoms with van der Waals surface area (Å²) in [5.41, 5.74) is 2.00. The smallest absolute Gasteiger partial charge is 0.321 e. The van der Waals surface area contributed by atoms with E-state index in [0.29, 0.717) is 31.8 Å². The molecule has 2 rings (SSSR count). The monoisotopic (exact) mass is 290 g/mol. The minimum Gasteiger partial charge on any atom is -0.481 e. The molecule has 5 nitrogen and oxygen atoms in total. The van der Waals surface area contributed by atoms with Crippen LogP contribution in [0.2, 0.25) is 0 Å². The van der Waals surface area contributed by atoms with Crippen molar-refractivity contribution in [1.82, 2.24) is 4.90 Å². The standard InChI is InChI=1S/C16H22N2O3/c1-11(2)12-3-5-14(6-4-12)17-16(21)18-9-7-13(8-10-18)15(19)20/h3-6,11,13H,7-10H2,1-2H3,(H,17,21)(H,19,20). The van der Waals surface area contributed by atoms with Gasteiger partial charge in [-0.3, -0.25) is 4.79 Å². The molecule has 1 heterocycles. The van der Waals surface area contributed by atoms with Crippen molar-refractivity contribution in [3.05, 3.63) is 29.8 Å². The van der Waals surface area contributed by atoms with Crippen LogP contribution in [0.5, 0.6) is 0 Å². The van der Waals surface area contributed by atoms with Gasteiger partial charge in [0.25, 0.3) is 0 Å². The number of benzene rings is 1. The first-order valence-corrected chi connectivity index (χ1v) is 7.36. The molecule has 1 aliphatic heterocycles. The Kier molecular flexibility index (Phi) is 4.83. The number of urea groups is 1. The van der Waals surface area contributed by atoms with Gasteiger partial charge in [0, 0.05) is 18.8 Å². The summed E-state index contributed by atoms with van der Waals surface area (Å²) in [6.07, 6.45) is 1.05. The van der Waals surface area contributed by atoms with Crippen molar-refractivity contribution < 1.29 is 14.7 Å². The van der Waals surface area contributed by atoms with Crippen LogP contribution in [0, 0.1) is 5.92 Å². The third-order valence-electron chi connectivity index (χ3n) is 3.96. The fourth-order valence-corrected chi connectivity index (χ4v) is 2.48. The molecule has 0 atom stereocenters. The summed E-state index contributed by atoms with van der Waals surface area (Å²) in [5.74, 6) is -0.622. The number of amides is 2. The summed E-state index contributed by atoms with van der Waals surface area (Å²) >= 11 is 0. The highest BCUT2D eigenvalue weighted by molar-refractivity contribution is 5.89. The van der Waals surface area contributed by atoms with Gasteiger partial charge >= 0.3 is 12.0 Å². The summed E-state index contributed by atoms with van der Waals surface area (Å²) < 4.78 is 0. The summed E-state index contributed by atoms with van der Waals surface area (Å²) in [5, 5.41) is 11.8. The molecule has 1 fully saturated rings. The molecule has 0 saturated carbocycles. The maximum atomic E-state index is 12.1. The average molecular weight is 290 g/mol. The molecule has 114 valence electrons. The average Bonchev–Trinajstić information content (AvgIpc) is 2.47. The molecule has 1 aromatic rings. The number of carbonyl (C=O) groups is 2. The number of rotatable bonds is 3. The molecule has 0 aromatic heterocycles. The van der Waals surface area contributed by atoms with Gasteiger partial charge in [-0.2, -0.15) is 0 Å². The number of anilines is 1. The molecule has 0 aliphatic carbocycles. The minimum atomic E-state index is -0.765. The maximum absolute atomic E-state index is 12.1.